The van der Waals surface area contributed by atoms with E-state index in [0.29, 0.717) is 5.41 Å². The summed E-state index contributed by atoms with van der Waals surface area (Å²) in [6.45, 7) is 6.89. The second kappa shape index (κ2) is 4.47. The Labute approximate surface area is 123 Å². The Kier molecular flexibility index (Phi) is 2.93. The Morgan fingerprint density at radius 3 is 2.80 bits per heavy atom. The topological polar surface area (TPSA) is 20.2 Å². The number of hydrogen-bond donors (Lipinski definition) is 1. The van der Waals surface area contributed by atoms with E-state index in [9.17, 15) is 5.11 Å². The highest BCUT2D eigenvalue weighted by Crippen LogP contribution is 2.63. The molecule has 0 heterocycles. The summed E-state index contributed by atoms with van der Waals surface area (Å²) >= 11 is 0. The summed E-state index contributed by atoms with van der Waals surface area (Å²) in [5, 5.41) is 9.88. The maximum Gasteiger partial charge on any atom is 0.0723 e. The fourth-order valence-corrected chi connectivity index (χ4v) is 6.22. The van der Waals surface area contributed by atoms with Gasteiger partial charge in [0.2, 0.25) is 0 Å². The van der Waals surface area contributed by atoms with E-state index in [1.165, 1.54) is 44.9 Å². The first-order valence-electron chi connectivity index (χ1n) is 8.66. The molecule has 110 valence electrons. The molecule has 0 aromatic heterocycles. The Morgan fingerprint density at radius 1 is 1.10 bits per heavy atom. The molecule has 20 heavy (non-hydrogen) atoms. The smallest absolute Gasteiger partial charge is 0.0723 e. The van der Waals surface area contributed by atoms with Crippen molar-refractivity contribution < 1.29 is 5.11 Å². The zero-order valence-corrected chi connectivity index (χ0v) is 12.8. The van der Waals surface area contributed by atoms with Crippen LogP contribution in [0.15, 0.2) is 23.8 Å². The number of fused-ring (bicyclic) bond motifs is 5. The van der Waals surface area contributed by atoms with Crippen LogP contribution >= 0.6 is 0 Å². The molecule has 0 spiro atoms. The molecule has 0 radical (unpaired) electrons. The van der Waals surface area contributed by atoms with Gasteiger partial charge in [0.1, 0.15) is 0 Å². The van der Waals surface area contributed by atoms with E-state index in [2.05, 4.69) is 19.6 Å². The summed E-state index contributed by atoms with van der Waals surface area (Å²) in [5.74, 6) is 3.55. The molecule has 0 aromatic rings. The number of aliphatic hydroxyl groups excluding tert-OH is 1. The maximum absolute atomic E-state index is 9.88. The van der Waals surface area contributed by atoms with E-state index in [0.717, 1.165) is 30.1 Å². The van der Waals surface area contributed by atoms with Crippen molar-refractivity contribution in [3.05, 3.63) is 23.8 Å². The molecule has 4 aliphatic rings. The van der Waals surface area contributed by atoms with E-state index in [1.54, 1.807) is 11.1 Å². The predicted molar refractivity (Wildman–Crippen MR) is 82.2 cm³/mol. The van der Waals surface area contributed by atoms with Gasteiger partial charge in [0.15, 0.2) is 0 Å². The molecule has 1 nitrogen and oxygen atoms in total. The summed E-state index contributed by atoms with van der Waals surface area (Å²) in [6.07, 6.45) is 12.3. The molecule has 1 N–H and O–H groups in total. The molecule has 3 fully saturated rings. The van der Waals surface area contributed by atoms with Crippen molar-refractivity contribution in [3.63, 3.8) is 0 Å². The van der Waals surface area contributed by atoms with Crippen LogP contribution in [0.5, 0.6) is 0 Å². The predicted octanol–water partition coefficient (Wildman–Crippen LogP) is 4.48. The van der Waals surface area contributed by atoms with Crippen molar-refractivity contribution in [2.45, 2.75) is 64.4 Å². The molecular formula is C19H28O. The van der Waals surface area contributed by atoms with Crippen LogP contribution in [-0.4, -0.2) is 11.2 Å². The van der Waals surface area contributed by atoms with Gasteiger partial charge in [-0.3, -0.25) is 0 Å². The van der Waals surface area contributed by atoms with Crippen molar-refractivity contribution in [2.75, 3.05) is 0 Å². The summed E-state index contributed by atoms with van der Waals surface area (Å²) in [5.41, 5.74) is 3.60. The normalized spacial score (nSPS) is 51.0. The van der Waals surface area contributed by atoms with Crippen molar-refractivity contribution in [1.82, 2.24) is 0 Å². The average molecular weight is 272 g/mol. The maximum atomic E-state index is 9.88. The van der Waals surface area contributed by atoms with Gasteiger partial charge in [-0.05, 0) is 80.5 Å². The quantitative estimate of drug-likeness (QED) is 0.645. The van der Waals surface area contributed by atoms with Crippen molar-refractivity contribution in [2.24, 2.45) is 29.1 Å². The number of aliphatic hydroxyl groups is 1. The number of rotatable bonds is 0. The lowest BCUT2D eigenvalue weighted by molar-refractivity contribution is 0.00845. The minimum absolute atomic E-state index is 0.155. The molecule has 0 saturated heterocycles. The van der Waals surface area contributed by atoms with E-state index >= 15 is 0 Å². The van der Waals surface area contributed by atoms with Gasteiger partial charge in [0.25, 0.3) is 0 Å². The fraction of sp³-hybridized carbons (Fsp3) is 0.789. The summed E-state index contributed by atoms with van der Waals surface area (Å²) in [4.78, 5) is 0. The SMILES string of the molecule is C=C1CC[C@H]2[C@@H]3CCC4=C[C@@H](O)CC[C@@H]4[C@H]3CC[C@]12C. The van der Waals surface area contributed by atoms with Crippen LogP contribution in [0.3, 0.4) is 0 Å². The van der Waals surface area contributed by atoms with Crippen molar-refractivity contribution >= 4 is 0 Å². The van der Waals surface area contributed by atoms with Crippen LogP contribution in [0.2, 0.25) is 0 Å². The summed E-state index contributed by atoms with van der Waals surface area (Å²) in [6, 6.07) is 0. The van der Waals surface area contributed by atoms with Gasteiger partial charge in [-0.1, -0.05) is 30.7 Å². The summed E-state index contributed by atoms with van der Waals surface area (Å²) < 4.78 is 0. The summed E-state index contributed by atoms with van der Waals surface area (Å²) in [7, 11) is 0. The fourth-order valence-electron chi connectivity index (χ4n) is 6.22. The first kappa shape index (κ1) is 13.1. The Bertz CT molecular complexity index is 462. The van der Waals surface area contributed by atoms with E-state index in [-0.39, 0.29) is 6.10 Å². The van der Waals surface area contributed by atoms with Crippen LogP contribution in [0.1, 0.15) is 58.3 Å². The lowest BCUT2D eigenvalue weighted by Gasteiger charge is -2.53. The third-order valence-corrected chi connectivity index (χ3v) is 7.39. The second-order valence-electron chi connectivity index (χ2n) is 8.06. The zero-order chi connectivity index (χ0) is 13.9. The second-order valence-corrected chi connectivity index (χ2v) is 8.06. The molecule has 0 amide bonds. The molecule has 3 saturated carbocycles. The largest absolute Gasteiger partial charge is 0.389 e. The van der Waals surface area contributed by atoms with Crippen molar-refractivity contribution in [1.29, 1.82) is 0 Å². The minimum atomic E-state index is -0.155. The highest BCUT2D eigenvalue weighted by atomic mass is 16.3. The molecule has 0 bridgehead atoms. The van der Waals surface area contributed by atoms with Crippen LogP contribution in [0.4, 0.5) is 0 Å². The molecule has 6 atom stereocenters. The van der Waals surface area contributed by atoms with Gasteiger partial charge < -0.3 is 5.11 Å². The zero-order valence-electron chi connectivity index (χ0n) is 12.8. The molecule has 4 rings (SSSR count). The van der Waals surface area contributed by atoms with Crippen LogP contribution in [-0.2, 0) is 0 Å². The minimum Gasteiger partial charge on any atom is -0.389 e. The molecule has 1 heteroatoms. The lowest BCUT2D eigenvalue weighted by atomic mass is 9.52. The van der Waals surface area contributed by atoms with Gasteiger partial charge in [-0.15, -0.1) is 0 Å². The third kappa shape index (κ3) is 1.71. The number of allylic oxidation sites excluding steroid dienone is 2. The molecule has 0 aliphatic heterocycles. The van der Waals surface area contributed by atoms with Crippen LogP contribution in [0.25, 0.3) is 0 Å². The van der Waals surface area contributed by atoms with Gasteiger partial charge in [0.05, 0.1) is 6.10 Å². The van der Waals surface area contributed by atoms with Gasteiger partial charge >= 0.3 is 0 Å². The van der Waals surface area contributed by atoms with Crippen molar-refractivity contribution in [3.8, 4) is 0 Å². The molecule has 0 aromatic carbocycles. The van der Waals surface area contributed by atoms with Gasteiger partial charge in [0, 0.05) is 0 Å². The van der Waals surface area contributed by atoms with Crippen LogP contribution < -0.4 is 0 Å². The monoisotopic (exact) mass is 272 g/mol. The molecular weight excluding hydrogens is 244 g/mol. The molecule has 4 aliphatic carbocycles. The third-order valence-electron chi connectivity index (χ3n) is 7.39. The van der Waals surface area contributed by atoms with E-state index in [4.69, 9.17) is 0 Å². The molecule has 0 unspecified atom stereocenters. The standard InChI is InChI=1S/C19H28O/c1-12-3-8-18-17-6-4-13-11-14(20)5-7-15(13)16(17)9-10-19(12,18)2/h11,14-18,20H,1,3-10H2,2H3/t14-,15-,16+,17+,18-,19+/m0/s1. The lowest BCUT2D eigenvalue weighted by Crippen LogP contribution is -2.45. The number of hydrogen-bond acceptors (Lipinski definition) is 1. The highest BCUT2D eigenvalue weighted by molar-refractivity contribution is 5.24. The van der Waals surface area contributed by atoms with E-state index < -0.39 is 0 Å². The Balaban J connectivity index is 1.63. The van der Waals surface area contributed by atoms with E-state index in [1.807, 2.05) is 0 Å². The van der Waals surface area contributed by atoms with Gasteiger partial charge in [-0.2, -0.15) is 0 Å². The average Bonchev–Trinajstić information content (AvgIpc) is 2.74. The van der Waals surface area contributed by atoms with Gasteiger partial charge in [-0.25, -0.2) is 0 Å². The Morgan fingerprint density at radius 2 is 1.95 bits per heavy atom. The first-order chi connectivity index (χ1) is 9.59. The highest BCUT2D eigenvalue weighted by Gasteiger charge is 2.53. The Hall–Kier alpha value is -0.560. The first-order valence-corrected chi connectivity index (χ1v) is 8.66. The van der Waals surface area contributed by atoms with Crippen LogP contribution in [0, 0.1) is 29.1 Å².